The Morgan fingerprint density at radius 2 is 2.07 bits per heavy atom. The highest BCUT2D eigenvalue weighted by atomic mass is 35.5. The lowest BCUT2D eigenvalue weighted by Gasteiger charge is -2.16. The molecule has 0 amide bonds. The summed E-state index contributed by atoms with van der Waals surface area (Å²) in [5.74, 6) is -0.186. The molecule has 1 aliphatic rings. The van der Waals surface area contributed by atoms with Crippen LogP contribution in [-0.2, 0) is 9.84 Å². The van der Waals surface area contributed by atoms with Gasteiger partial charge in [0.2, 0.25) is 5.78 Å². The standard InChI is InChI=1S/C18H19ClN2O6S/c1-11-7-15(12(2)20(11)14-5-6-28(25,26)10-14)17(22)9-27-18-4-3-13(19)8-16(18)21(23)24/h3-4,7-8,14H,5-6,9-10H2,1-2H3. The van der Waals surface area contributed by atoms with E-state index in [0.29, 0.717) is 17.7 Å². The van der Waals surface area contributed by atoms with Crippen molar-refractivity contribution in [3.63, 3.8) is 0 Å². The number of nitrogens with zero attached hydrogens (tertiary/aromatic N) is 2. The van der Waals surface area contributed by atoms with E-state index in [0.717, 1.165) is 11.8 Å². The Kier molecular flexibility index (Phi) is 5.49. The Morgan fingerprint density at radius 3 is 2.68 bits per heavy atom. The summed E-state index contributed by atoms with van der Waals surface area (Å²) in [6.07, 6.45) is 0.514. The molecule has 0 bridgehead atoms. The van der Waals surface area contributed by atoms with Crippen LogP contribution >= 0.6 is 11.6 Å². The third-order valence-electron chi connectivity index (χ3n) is 4.83. The summed E-state index contributed by atoms with van der Waals surface area (Å²) in [5.41, 5.74) is 1.56. The van der Waals surface area contributed by atoms with Crippen LogP contribution in [0.1, 0.15) is 34.2 Å². The Hall–Kier alpha value is -2.39. The van der Waals surface area contributed by atoms with E-state index >= 15 is 0 Å². The highest BCUT2D eigenvalue weighted by Crippen LogP contribution is 2.31. The summed E-state index contributed by atoms with van der Waals surface area (Å²) in [4.78, 5) is 23.1. The maximum Gasteiger partial charge on any atom is 0.312 e. The van der Waals surface area contributed by atoms with Gasteiger partial charge in [-0.1, -0.05) is 11.6 Å². The van der Waals surface area contributed by atoms with E-state index < -0.39 is 14.8 Å². The highest BCUT2D eigenvalue weighted by Gasteiger charge is 2.31. The number of sulfone groups is 1. The largest absolute Gasteiger partial charge is 0.478 e. The fraction of sp³-hybridized carbons (Fsp3) is 0.389. The van der Waals surface area contributed by atoms with Crippen LogP contribution in [0.5, 0.6) is 5.75 Å². The van der Waals surface area contributed by atoms with Crippen LogP contribution < -0.4 is 4.74 Å². The number of benzene rings is 1. The zero-order valence-electron chi connectivity index (χ0n) is 15.3. The summed E-state index contributed by atoms with van der Waals surface area (Å²) in [5, 5.41) is 11.3. The van der Waals surface area contributed by atoms with Gasteiger partial charge in [0.25, 0.3) is 0 Å². The number of carbonyl (C=O) groups is 1. The number of aryl methyl sites for hydroxylation is 1. The Labute approximate surface area is 167 Å². The monoisotopic (exact) mass is 426 g/mol. The number of halogens is 1. The number of carbonyl (C=O) groups excluding carboxylic acids is 1. The number of ketones is 1. The fourth-order valence-corrected chi connectivity index (χ4v) is 5.44. The summed E-state index contributed by atoms with van der Waals surface area (Å²) in [6.45, 7) is 3.20. The van der Waals surface area contributed by atoms with Gasteiger partial charge in [0, 0.05) is 34.1 Å². The first kappa shape index (κ1) is 20.3. The van der Waals surface area contributed by atoms with Crippen molar-refractivity contribution in [1.82, 2.24) is 4.57 Å². The molecule has 1 unspecified atom stereocenters. The van der Waals surface area contributed by atoms with Crippen molar-refractivity contribution in [2.24, 2.45) is 0 Å². The van der Waals surface area contributed by atoms with E-state index in [2.05, 4.69) is 0 Å². The average Bonchev–Trinajstić information content (AvgIpc) is 3.11. The van der Waals surface area contributed by atoms with Gasteiger partial charge in [-0.2, -0.15) is 0 Å². The molecule has 0 radical (unpaired) electrons. The number of Topliss-reactive ketones (excluding diaryl/α,β-unsaturated/α-hetero) is 1. The Bertz CT molecular complexity index is 1060. The maximum absolute atomic E-state index is 12.6. The van der Waals surface area contributed by atoms with Gasteiger partial charge in [0.05, 0.1) is 16.4 Å². The number of aromatic nitrogens is 1. The molecule has 1 aliphatic heterocycles. The molecule has 0 aliphatic carbocycles. The molecular weight excluding hydrogens is 408 g/mol. The fourth-order valence-electron chi connectivity index (χ4n) is 3.58. The quantitative estimate of drug-likeness (QED) is 0.398. The summed E-state index contributed by atoms with van der Waals surface area (Å²) in [7, 11) is -3.06. The lowest BCUT2D eigenvalue weighted by molar-refractivity contribution is -0.385. The summed E-state index contributed by atoms with van der Waals surface area (Å²) >= 11 is 5.77. The molecule has 1 saturated heterocycles. The number of hydrogen-bond donors (Lipinski definition) is 0. The number of rotatable bonds is 6. The molecule has 2 aromatic rings. The van der Waals surface area contributed by atoms with Crippen molar-refractivity contribution >= 4 is 32.9 Å². The zero-order valence-corrected chi connectivity index (χ0v) is 16.9. The molecule has 150 valence electrons. The average molecular weight is 427 g/mol. The minimum atomic E-state index is -3.06. The topological polar surface area (TPSA) is 109 Å². The van der Waals surface area contributed by atoms with Crippen LogP contribution in [-0.4, -0.2) is 41.8 Å². The number of nitro groups is 1. The van der Waals surface area contributed by atoms with Gasteiger partial charge in [-0.3, -0.25) is 14.9 Å². The first-order chi connectivity index (χ1) is 13.1. The molecule has 1 aromatic carbocycles. The molecule has 0 spiro atoms. The minimum absolute atomic E-state index is 0.0431. The van der Waals surface area contributed by atoms with Gasteiger partial charge in [-0.25, -0.2) is 8.42 Å². The van der Waals surface area contributed by atoms with Gasteiger partial charge in [0.1, 0.15) is 0 Å². The predicted molar refractivity (Wildman–Crippen MR) is 104 cm³/mol. The number of ether oxygens (including phenoxy) is 1. The molecule has 8 nitrogen and oxygen atoms in total. The smallest absolute Gasteiger partial charge is 0.312 e. The first-order valence-electron chi connectivity index (χ1n) is 8.58. The van der Waals surface area contributed by atoms with E-state index in [-0.39, 0.29) is 46.4 Å². The van der Waals surface area contributed by atoms with E-state index in [1.54, 1.807) is 13.0 Å². The predicted octanol–water partition coefficient (Wildman–Crippen LogP) is 3.29. The lowest BCUT2D eigenvalue weighted by atomic mass is 10.1. The molecule has 1 aromatic heterocycles. The number of hydrogen-bond acceptors (Lipinski definition) is 6. The van der Waals surface area contributed by atoms with Crippen LogP contribution in [0.2, 0.25) is 5.02 Å². The molecule has 1 fully saturated rings. The summed E-state index contributed by atoms with van der Waals surface area (Å²) < 4.78 is 30.8. The molecule has 28 heavy (non-hydrogen) atoms. The van der Waals surface area contributed by atoms with Crippen LogP contribution in [0.4, 0.5) is 5.69 Å². The van der Waals surface area contributed by atoms with Gasteiger partial charge < -0.3 is 9.30 Å². The van der Waals surface area contributed by atoms with E-state index in [4.69, 9.17) is 16.3 Å². The molecule has 10 heteroatoms. The van der Waals surface area contributed by atoms with Crippen LogP contribution in [0, 0.1) is 24.0 Å². The Balaban J connectivity index is 1.79. The first-order valence-corrected chi connectivity index (χ1v) is 10.8. The number of nitro benzene ring substituents is 1. The molecule has 3 rings (SSSR count). The van der Waals surface area contributed by atoms with E-state index in [1.807, 2.05) is 11.5 Å². The van der Waals surface area contributed by atoms with Gasteiger partial charge >= 0.3 is 5.69 Å². The lowest BCUT2D eigenvalue weighted by Crippen LogP contribution is -2.16. The van der Waals surface area contributed by atoms with Crippen molar-refractivity contribution < 1.29 is 22.9 Å². The summed E-state index contributed by atoms with van der Waals surface area (Å²) in [6, 6.07) is 5.46. The molecule has 0 saturated carbocycles. The second-order valence-corrected chi connectivity index (χ2v) is 9.46. The van der Waals surface area contributed by atoms with Crippen molar-refractivity contribution in [1.29, 1.82) is 0 Å². The second-order valence-electron chi connectivity index (χ2n) is 6.79. The van der Waals surface area contributed by atoms with Crippen molar-refractivity contribution in [2.45, 2.75) is 26.3 Å². The van der Waals surface area contributed by atoms with Gasteiger partial charge in [0.15, 0.2) is 22.2 Å². The van der Waals surface area contributed by atoms with Crippen molar-refractivity contribution in [3.8, 4) is 5.75 Å². The van der Waals surface area contributed by atoms with Crippen LogP contribution in [0.25, 0.3) is 0 Å². The van der Waals surface area contributed by atoms with Crippen LogP contribution in [0.3, 0.4) is 0 Å². The second kappa shape index (κ2) is 7.56. The Morgan fingerprint density at radius 1 is 1.36 bits per heavy atom. The van der Waals surface area contributed by atoms with E-state index in [9.17, 15) is 23.3 Å². The highest BCUT2D eigenvalue weighted by molar-refractivity contribution is 7.91. The molecule has 1 atom stereocenters. The normalized spacial score (nSPS) is 18.2. The van der Waals surface area contributed by atoms with Gasteiger partial charge in [-0.05, 0) is 38.5 Å². The minimum Gasteiger partial charge on any atom is -0.478 e. The van der Waals surface area contributed by atoms with Crippen LogP contribution in [0.15, 0.2) is 24.3 Å². The zero-order chi connectivity index (χ0) is 20.6. The molecule has 0 N–H and O–H groups in total. The van der Waals surface area contributed by atoms with E-state index in [1.165, 1.54) is 12.1 Å². The van der Waals surface area contributed by atoms with Gasteiger partial charge in [-0.15, -0.1) is 0 Å². The van der Waals surface area contributed by atoms with Crippen molar-refractivity contribution in [3.05, 3.63) is 56.4 Å². The van der Waals surface area contributed by atoms with Crippen molar-refractivity contribution in [2.75, 3.05) is 18.1 Å². The molecular formula is C18H19ClN2O6S. The third kappa shape index (κ3) is 4.05. The third-order valence-corrected chi connectivity index (χ3v) is 6.82. The molecule has 2 heterocycles. The SMILES string of the molecule is Cc1cc(C(=O)COc2ccc(Cl)cc2[N+](=O)[O-])c(C)n1C1CCS(=O)(=O)C1. The maximum atomic E-state index is 12.6.